The van der Waals surface area contributed by atoms with Crippen LogP contribution in [0, 0.1) is 6.92 Å². The van der Waals surface area contributed by atoms with Crippen molar-refractivity contribution in [2.45, 2.75) is 19.4 Å². The molecule has 2 heterocycles. The summed E-state index contributed by atoms with van der Waals surface area (Å²) in [6.07, 6.45) is 1.90. The minimum Gasteiger partial charge on any atom is -0.497 e. The number of anilines is 1. The molecule has 0 bridgehead atoms. The summed E-state index contributed by atoms with van der Waals surface area (Å²) in [6.45, 7) is 2.31. The second-order valence-corrected chi connectivity index (χ2v) is 7.59. The van der Waals surface area contributed by atoms with Crippen molar-refractivity contribution in [2.24, 2.45) is 0 Å². The van der Waals surface area contributed by atoms with Crippen LogP contribution in [0.15, 0.2) is 42.6 Å². The van der Waals surface area contributed by atoms with Gasteiger partial charge in [-0.25, -0.2) is 0 Å². The molecule has 1 aromatic heterocycles. The average Bonchev–Trinajstić information content (AvgIpc) is 3.32. The lowest BCUT2D eigenvalue weighted by molar-refractivity contribution is -0.124. The summed E-state index contributed by atoms with van der Waals surface area (Å²) < 4.78 is 5.19. The topological polar surface area (TPSA) is 91.5 Å². The van der Waals surface area contributed by atoms with Crippen molar-refractivity contribution in [1.82, 2.24) is 10.3 Å². The van der Waals surface area contributed by atoms with Crippen molar-refractivity contribution in [2.75, 3.05) is 18.6 Å². The van der Waals surface area contributed by atoms with Crippen LogP contribution in [0.4, 0.5) is 5.69 Å². The number of ketones is 1. The first-order valence-electron chi connectivity index (χ1n) is 9.47. The van der Waals surface area contributed by atoms with Gasteiger partial charge in [0.25, 0.3) is 11.7 Å². The van der Waals surface area contributed by atoms with Crippen LogP contribution in [0.3, 0.4) is 0 Å². The zero-order valence-electron chi connectivity index (χ0n) is 16.5. The molecule has 1 aliphatic heterocycles. The molecule has 0 saturated carbocycles. The second-order valence-electron chi connectivity index (χ2n) is 7.18. The molecule has 1 unspecified atom stereocenters. The number of ether oxygens (including phenoxy) is 1. The van der Waals surface area contributed by atoms with E-state index in [0.29, 0.717) is 40.3 Å². The predicted molar refractivity (Wildman–Crippen MR) is 114 cm³/mol. The first kappa shape index (κ1) is 20.0. The van der Waals surface area contributed by atoms with Crippen LogP contribution in [0.1, 0.15) is 22.3 Å². The number of nitrogens with zero attached hydrogens (tertiary/aromatic N) is 1. The summed E-state index contributed by atoms with van der Waals surface area (Å²) in [6, 6.07) is 9.84. The number of methoxy groups -OCH3 is 1. The Morgan fingerprint density at radius 2 is 2.03 bits per heavy atom. The number of fused-ring (bicyclic) bond motifs is 1. The lowest BCUT2D eigenvalue weighted by atomic mass is 10.1. The van der Waals surface area contributed by atoms with Crippen molar-refractivity contribution >= 4 is 45.8 Å². The van der Waals surface area contributed by atoms with Gasteiger partial charge in [0, 0.05) is 34.4 Å². The summed E-state index contributed by atoms with van der Waals surface area (Å²) in [7, 11) is 1.53. The highest BCUT2D eigenvalue weighted by molar-refractivity contribution is 6.45. The van der Waals surface area contributed by atoms with Gasteiger partial charge >= 0.3 is 0 Å². The Morgan fingerprint density at radius 1 is 1.23 bits per heavy atom. The third-order valence-corrected chi connectivity index (χ3v) is 5.72. The van der Waals surface area contributed by atoms with E-state index >= 15 is 0 Å². The second kappa shape index (κ2) is 7.84. The normalized spacial score (nSPS) is 16.2. The molecule has 4 rings (SSSR count). The summed E-state index contributed by atoms with van der Waals surface area (Å²) >= 11 is 6.16. The van der Waals surface area contributed by atoms with Crippen LogP contribution in [-0.4, -0.2) is 42.3 Å². The van der Waals surface area contributed by atoms with Crippen LogP contribution in [0.5, 0.6) is 5.75 Å². The number of aromatic amines is 1. The van der Waals surface area contributed by atoms with Crippen LogP contribution < -0.4 is 15.0 Å². The first-order valence-corrected chi connectivity index (χ1v) is 9.84. The smallest absolute Gasteiger partial charge is 0.293 e. The number of amides is 2. The Bertz CT molecular complexity index is 1170. The van der Waals surface area contributed by atoms with Gasteiger partial charge in [-0.05, 0) is 49.2 Å². The zero-order chi connectivity index (χ0) is 21.4. The largest absolute Gasteiger partial charge is 0.497 e. The Labute approximate surface area is 178 Å². The molecule has 2 amide bonds. The fourth-order valence-corrected chi connectivity index (χ4v) is 3.76. The van der Waals surface area contributed by atoms with Gasteiger partial charge in [-0.1, -0.05) is 17.7 Å². The van der Waals surface area contributed by atoms with Gasteiger partial charge in [0.05, 0.1) is 12.7 Å². The van der Waals surface area contributed by atoms with Gasteiger partial charge < -0.3 is 19.9 Å². The molecule has 3 aromatic rings. The maximum atomic E-state index is 12.8. The number of hydrogen-bond donors (Lipinski definition) is 2. The third-order valence-electron chi connectivity index (χ3n) is 5.32. The van der Waals surface area contributed by atoms with E-state index in [4.69, 9.17) is 16.3 Å². The number of halogens is 1. The van der Waals surface area contributed by atoms with E-state index in [-0.39, 0.29) is 11.5 Å². The van der Waals surface area contributed by atoms with Crippen molar-refractivity contribution in [3.8, 4) is 5.75 Å². The molecular weight excluding hydrogens is 406 g/mol. The SMILES string of the molecule is COc1ccc2[nH]cc(C(=O)C(=O)NC3CCN(c4ccc(C)c(Cl)c4)C3=O)c2c1. The number of hydrogen-bond acceptors (Lipinski definition) is 4. The molecule has 30 heavy (non-hydrogen) atoms. The first-order chi connectivity index (χ1) is 14.4. The molecule has 1 atom stereocenters. The van der Waals surface area contributed by atoms with E-state index in [1.807, 2.05) is 19.1 Å². The highest BCUT2D eigenvalue weighted by Crippen LogP contribution is 2.27. The van der Waals surface area contributed by atoms with Crippen molar-refractivity contribution in [3.63, 3.8) is 0 Å². The molecule has 0 aliphatic carbocycles. The van der Waals surface area contributed by atoms with Crippen LogP contribution in [0.2, 0.25) is 5.02 Å². The standard InChI is InChI=1S/C22H20ClN3O4/c1-12-3-4-13(9-17(12)23)26-8-7-19(22(26)29)25-21(28)20(27)16-11-24-18-6-5-14(30-2)10-15(16)18/h3-6,9-11,19,24H,7-8H2,1-2H3,(H,25,28). The minimum atomic E-state index is -0.819. The van der Waals surface area contributed by atoms with Crippen LogP contribution in [-0.2, 0) is 9.59 Å². The van der Waals surface area contributed by atoms with Gasteiger partial charge in [-0.15, -0.1) is 0 Å². The lowest BCUT2D eigenvalue weighted by Gasteiger charge is -2.18. The third kappa shape index (κ3) is 3.52. The van der Waals surface area contributed by atoms with E-state index < -0.39 is 17.7 Å². The number of Topliss-reactive ketones (excluding diaryl/α,β-unsaturated/α-hetero) is 1. The molecule has 154 valence electrons. The number of carbonyl (C=O) groups excluding carboxylic acids is 3. The number of H-pyrrole nitrogens is 1. The lowest BCUT2D eigenvalue weighted by Crippen LogP contribution is -2.44. The predicted octanol–water partition coefficient (Wildman–Crippen LogP) is 3.24. The van der Waals surface area contributed by atoms with Gasteiger partial charge in [0.15, 0.2) is 0 Å². The summed E-state index contributed by atoms with van der Waals surface area (Å²) in [4.78, 5) is 42.6. The number of aryl methyl sites for hydroxylation is 1. The number of carbonyl (C=O) groups is 3. The van der Waals surface area contributed by atoms with Gasteiger partial charge in [-0.3, -0.25) is 14.4 Å². The van der Waals surface area contributed by atoms with Crippen molar-refractivity contribution in [3.05, 3.63) is 58.7 Å². The molecular formula is C22H20ClN3O4. The number of rotatable bonds is 5. The number of aromatic nitrogens is 1. The van der Waals surface area contributed by atoms with E-state index in [9.17, 15) is 14.4 Å². The molecule has 8 heteroatoms. The minimum absolute atomic E-state index is 0.231. The molecule has 2 aromatic carbocycles. The summed E-state index contributed by atoms with van der Waals surface area (Å²) in [5, 5.41) is 3.73. The highest BCUT2D eigenvalue weighted by Gasteiger charge is 2.35. The van der Waals surface area contributed by atoms with Crippen LogP contribution >= 0.6 is 11.6 Å². The molecule has 7 nitrogen and oxygen atoms in total. The molecule has 1 fully saturated rings. The Morgan fingerprint density at radius 3 is 2.77 bits per heavy atom. The Hall–Kier alpha value is -3.32. The fraction of sp³-hybridized carbons (Fsp3) is 0.227. The monoisotopic (exact) mass is 425 g/mol. The zero-order valence-corrected chi connectivity index (χ0v) is 17.2. The van der Waals surface area contributed by atoms with E-state index in [1.165, 1.54) is 13.3 Å². The quantitative estimate of drug-likeness (QED) is 0.485. The molecule has 2 N–H and O–H groups in total. The maximum absolute atomic E-state index is 12.8. The molecule has 0 spiro atoms. The fourth-order valence-electron chi connectivity index (χ4n) is 3.58. The molecule has 1 aliphatic rings. The Balaban J connectivity index is 1.49. The number of nitrogens with one attached hydrogen (secondary N) is 2. The van der Waals surface area contributed by atoms with Gasteiger partial charge in [0.2, 0.25) is 5.91 Å². The Kier molecular flexibility index (Phi) is 5.22. The highest BCUT2D eigenvalue weighted by atomic mass is 35.5. The van der Waals surface area contributed by atoms with Gasteiger partial charge in [0.1, 0.15) is 11.8 Å². The number of benzene rings is 2. The molecule has 1 saturated heterocycles. The average molecular weight is 426 g/mol. The van der Waals surface area contributed by atoms with Crippen molar-refractivity contribution in [1.29, 1.82) is 0 Å². The van der Waals surface area contributed by atoms with Gasteiger partial charge in [-0.2, -0.15) is 0 Å². The summed E-state index contributed by atoms with van der Waals surface area (Å²) in [5.74, 6) is -1.22. The molecule has 0 radical (unpaired) electrons. The van der Waals surface area contributed by atoms with Crippen LogP contribution in [0.25, 0.3) is 10.9 Å². The van der Waals surface area contributed by atoms with E-state index in [0.717, 1.165) is 5.56 Å². The van der Waals surface area contributed by atoms with Crippen molar-refractivity contribution < 1.29 is 19.1 Å². The maximum Gasteiger partial charge on any atom is 0.293 e. The summed E-state index contributed by atoms with van der Waals surface area (Å²) in [5.41, 5.74) is 2.53. The van der Waals surface area contributed by atoms with E-state index in [1.54, 1.807) is 29.2 Å². The van der Waals surface area contributed by atoms with E-state index in [2.05, 4.69) is 10.3 Å².